The number of carbonyl (C=O) groups excluding carboxylic acids is 1. The molecule has 144 valence electrons. The number of pyridine rings is 1. The summed E-state index contributed by atoms with van der Waals surface area (Å²) in [6.45, 7) is 0. The molecule has 1 aliphatic rings. The van der Waals surface area contributed by atoms with Crippen molar-refractivity contribution in [3.05, 3.63) is 64.5 Å². The number of benzene rings is 1. The fraction of sp³-hybridized carbons (Fsp3) is 0.211. The summed E-state index contributed by atoms with van der Waals surface area (Å²) < 4.78 is 56.9. The average molecular weight is 407 g/mol. The first-order valence-corrected chi connectivity index (χ1v) is 9.21. The Morgan fingerprint density at radius 2 is 1.93 bits per heavy atom. The fourth-order valence-corrected chi connectivity index (χ4v) is 3.79. The minimum atomic E-state index is -4.61. The normalized spacial score (nSPS) is 14.1. The molecule has 0 unspecified atom stereocenters. The number of nitrogens with zero attached hydrogens (tertiary/aromatic N) is 2. The second kappa shape index (κ2) is 6.97. The number of aromatic nitrogens is 2. The Labute approximate surface area is 161 Å². The van der Waals surface area contributed by atoms with Gasteiger partial charge < -0.3 is 5.32 Å². The van der Waals surface area contributed by atoms with E-state index in [1.807, 2.05) is 0 Å². The Kier molecular flexibility index (Phi) is 4.62. The number of hydrogen-bond donors (Lipinski definition) is 1. The molecule has 0 atom stereocenters. The maximum Gasteiger partial charge on any atom is 0.433 e. The van der Waals surface area contributed by atoms with Gasteiger partial charge in [0.05, 0.1) is 5.69 Å². The van der Waals surface area contributed by atoms with E-state index in [0.717, 1.165) is 36.6 Å². The van der Waals surface area contributed by atoms with Crippen LogP contribution in [-0.4, -0.2) is 15.3 Å². The quantitative estimate of drug-likeness (QED) is 0.582. The van der Waals surface area contributed by atoms with E-state index < -0.39 is 23.6 Å². The van der Waals surface area contributed by atoms with Crippen LogP contribution in [0.1, 0.15) is 39.7 Å². The van der Waals surface area contributed by atoms with Crippen LogP contribution in [0.15, 0.2) is 42.6 Å². The molecule has 9 heteroatoms. The molecule has 1 aromatic carbocycles. The lowest BCUT2D eigenvalue weighted by Gasteiger charge is -2.09. The van der Waals surface area contributed by atoms with Crippen LogP contribution in [0.2, 0.25) is 0 Å². The van der Waals surface area contributed by atoms with E-state index in [4.69, 9.17) is 0 Å². The maximum absolute atomic E-state index is 14.2. The lowest BCUT2D eigenvalue weighted by Crippen LogP contribution is -2.14. The summed E-state index contributed by atoms with van der Waals surface area (Å²) in [4.78, 5) is 16.3. The van der Waals surface area contributed by atoms with Gasteiger partial charge in [0.25, 0.3) is 5.91 Å². The van der Waals surface area contributed by atoms with Crippen molar-refractivity contribution in [3.8, 4) is 11.3 Å². The first-order chi connectivity index (χ1) is 13.3. The molecule has 28 heavy (non-hydrogen) atoms. The molecular weight excluding hydrogens is 394 g/mol. The van der Waals surface area contributed by atoms with Gasteiger partial charge in [-0.05, 0) is 54.6 Å². The first kappa shape index (κ1) is 18.5. The van der Waals surface area contributed by atoms with Crippen LogP contribution in [0.5, 0.6) is 0 Å². The molecule has 4 nitrogen and oxygen atoms in total. The molecular formula is C19H13F4N3OS. The van der Waals surface area contributed by atoms with Gasteiger partial charge in [-0.2, -0.15) is 17.5 Å². The van der Waals surface area contributed by atoms with Gasteiger partial charge in [0, 0.05) is 23.0 Å². The summed E-state index contributed by atoms with van der Waals surface area (Å²) in [6.07, 6.45) is -1.92. The highest BCUT2D eigenvalue weighted by atomic mass is 32.1. The smallest absolute Gasteiger partial charge is 0.321 e. The average Bonchev–Trinajstić information content (AvgIpc) is 3.40. The number of alkyl halides is 3. The summed E-state index contributed by atoms with van der Waals surface area (Å²) in [5, 5.41) is 2.47. The number of halogens is 4. The molecule has 2 heterocycles. The summed E-state index contributed by atoms with van der Waals surface area (Å²) in [6, 6.07) is 8.22. The zero-order chi connectivity index (χ0) is 19.9. The lowest BCUT2D eigenvalue weighted by atomic mass is 10.0. The second-order valence-corrected chi connectivity index (χ2v) is 7.18. The van der Waals surface area contributed by atoms with Gasteiger partial charge in [-0.3, -0.25) is 9.78 Å². The van der Waals surface area contributed by atoms with Gasteiger partial charge in [-0.15, -0.1) is 0 Å². The monoisotopic (exact) mass is 407 g/mol. The molecule has 1 N–H and O–H groups in total. The standard InChI is InChI=1S/C19H13F4N3OS/c20-13-4-2-1-3-12(13)16-15(10-5-6-10)17(28-26-16)18(27)25-11-7-8-24-14(9-11)19(21,22)23/h1-4,7-10H,5-6H2,(H,24,25,27). The molecule has 1 amide bonds. The predicted molar refractivity (Wildman–Crippen MR) is 96.7 cm³/mol. The summed E-state index contributed by atoms with van der Waals surface area (Å²) >= 11 is 0.919. The van der Waals surface area contributed by atoms with Crippen molar-refractivity contribution in [3.63, 3.8) is 0 Å². The van der Waals surface area contributed by atoms with E-state index in [0.29, 0.717) is 16.8 Å². The van der Waals surface area contributed by atoms with Crippen molar-refractivity contribution in [2.45, 2.75) is 24.9 Å². The van der Waals surface area contributed by atoms with E-state index in [2.05, 4.69) is 14.7 Å². The molecule has 4 rings (SSSR count). The summed E-state index contributed by atoms with van der Waals surface area (Å²) in [5.41, 5.74) is 0.265. The highest BCUT2D eigenvalue weighted by Crippen LogP contribution is 2.47. The zero-order valence-electron chi connectivity index (χ0n) is 14.3. The van der Waals surface area contributed by atoms with Crippen molar-refractivity contribution < 1.29 is 22.4 Å². The topological polar surface area (TPSA) is 54.9 Å². The Bertz CT molecular complexity index is 1040. The van der Waals surface area contributed by atoms with Crippen LogP contribution in [0, 0.1) is 5.82 Å². The van der Waals surface area contributed by atoms with E-state index in [-0.39, 0.29) is 16.5 Å². The number of anilines is 1. The van der Waals surface area contributed by atoms with Gasteiger partial charge in [0.2, 0.25) is 0 Å². The van der Waals surface area contributed by atoms with Crippen LogP contribution in [0.4, 0.5) is 23.2 Å². The Balaban J connectivity index is 1.67. The van der Waals surface area contributed by atoms with Crippen molar-refractivity contribution in [1.29, 1.82) is 0 Å². The Hall–Kier alpha value is -2.81. The van der Waals surface area contributed by atoms with Gasteiger partial charge in [-0.25, -0.2) is 4.39 Å². The minimum Gasteiger partial charge on any atom is -0.321 e. The number of hydrogen-bond acceptors (Lipinski definition) is 4. The largest absolute Gasteiger partial charge is 0.433 e. The third kappa shape index (κ3) is 3.62. The molecule has 1 fully saturated rings. The van der Waals surface area contributed by atoms with Crippen LogP contribution >= 0.6 is 11.5 Å². The fourth-order valence-electron chi connectivity index (χ4n) is 2.91. The van der Waals surface area contributed by atoms with Gasteiger partial charge in [0.15, 0.2) is 0 Å². The van der Waals surface area contributed by atoms with Gasteiger partial charge in [-0.1, -0.05) is 12.1 Å². The molecule has 1 aliphatic carbocycles. The van der Waals surface area contributed by atoms with E-state index in [1.165, 1.54) is 12.1 Å². The van der Waals surface area contributed by atoms with Crippen LogP contribution in [-0.2, 0) is 6.18 Å². The molecule has 0 radical (unpaired) electrons. The maximum atomic E-state index is 14.2. The molecule has 0 spiro atoms. The predicted octanol–water partition coefficient (Wildman–Crippen LogP) is 5.49. The van der Waals surface area contributed by atoms with E-state index in [9.17, 15) is 22.4 Å². The third-order valence-corrected chi connectivity index (χ3v) is 5.22. The number of carbonyl (C=O) groups is 1. The van der Waals surface area contributed by atoms with Crippen molar-refractivity contribution >= 4 is 23.1 Å². The minimum absolute atomic E-state index is 0.0186. The molecule has 0 saturated heterocycles. The number of rotatable bonds is 4. The van der Waals surface area contributed by atoms with Crippen molar-refractivity contribution in [2.75, 3.05) is 5.32 Å². The van der Waals surface area contributed by atoms with Crippen molar-refractivity contribution in [1.82, 2.24) is 9.36 Å². The highest BCUT2D eigenvalue weighted by Gasteiger charge is 2.35. The van der Waals surface area contributed by atoms with E-state index in [1.54, 1.807) is 18.2 Å². The zero-order valence-corrected chi connectivity index (χ0v) is 15.1. The van der Waals surface area contributed by atoms with E-state index >= 15 is 0 Å². The van der Waals surface area contributed by atoms with Crippen LogP contribution in [0.3, 0.4) is 0 Å². The van der Waals surface area contributed by atoms with Crippen molar-refractivity contribution in [2.24, 2.45) is 0 Å². The third-order valence-electron chi connectivity index (χ3n) is 4.36. The molecule has 0 aliphatic heterocycles. The summed E-state index contributed by atoms with van der Waals surface area (Å²) in [7, 11) is 0. The van der Waals surface area contributed by atoms with Crippen LogP contribution < -0.4 is 5.32 Å². The molecule has 2 aromatic heterocycles. The molecule has 0 bridgehead atoms. The number of nitrogens with one attached hydrogen (secondary N) is 1. The van der Waals surface area contributed by atoms with Gasteiger partial charge in [0.1, 0.15) is 16.4 Å². The SMILES string of the molecule is O=C(Nc1ccnc(C(F)(F)F)c1)c1snc(-c2ccccc2F)c1C1CC1. The Morgan fingerprint density at radius 1 is 1.18 bits per heavy atom. The molecule has 3 aromatic rings. The lowest BCUT2D eigenvalue weighted by molar-refractivity contribution is -0.141. The van der Waals surface area contributed by atoms with Crippen LogP contribution in [0.25, 0.3) is 11.3 Å². The number of amides is 1. The highest BCUT2D eigenvalue weighted by molar-refractivity contribution is 7.08. The Morgan fingerprint density at radius 3 is 2.61 bits per heavy atom. The summed E-state index contributed by atoms with van der Waals surface area (Å²) in [5.74, 6) is -0.913. The van der Waals surface area contributed by atoms with Gasteiger partial charge >= 0.3 is 6.18 Å². The molecule has 1 saturated carbocycles. The second-order valence-electron chi connectivity index (χ2n) is 6.41. The first-order valence-electron chi connectivity index (χ1n) is 8.43.